The van der Waals surface area contributed by atoms with E-state index in [-0.39, 0.29) is 12.1 Å². The Bertz CT molecular complexity index is 1530. The maximum Gasteiger partial charge on any atom is 0.326 e. The molecule has 0 spiro atoms. The van der Waals surface area contributed by atoms with Crippen molar-refractivity contribution in [1.29, 1.82) is 0 Å². The Balaban J connectivity index is 1.22. The number of hydrogen-bond donors (Lipinski definition) is 3. The second-order valence-electron chi connectivity index (χ2n) is 8.33. The minimum absolute atomic E-state index is 0.0640. The molecule has 184 valence electrons. The normalized spacial score (nSPS) is 11.7. The average molecular weight is 494 g/mol. The van der Waals surface area contributed by atoms with Gasteiger partial charge in [-0.2, -0.15) is 0 Å². The number of carbonyl (C=O) groups excluding carboxylic acids is 1. The van der Waals surface area contributed by atoms with Crippen molar-refractivity contribution in [1.82, 2.24) is 30.3 Å². The molecule has 10 nitrogen and oxygen atoms in total. The van der Waals surface area contributed by atoms with E-state index in [9.17, 15) is 14.7 Å². The number of aromatic nitrogens is 5. The van der Waals surface area contributed by atoms with Gasteiger partial charge in [0.05, 0.1) is 24.6 Å². The fourth-order valence-corrected chi connectivity index (χ4v) is 3.89. The summed E-state index contributed by atoms with van der Waals surface area (Å²) in [5.41, 5.74) is 3.01. The van der Waals surface area contributed by atoms with Gasteiger partial charge >= 0.3 is 5.97 Å². The smallest absolute Gasteiger partial charge is 0.326 e. The second kappa shape index (κ2) is 10.6. The molecular weight excluding hydrogens is 470 g/mol. The molecular formula is C27H23N7O3. The van der Waals surface area contributed by atoms with E-state index in [1.165, 1.54) is 12.3 Å². The Morgan fingerprint density at radius 2 is 1.76 bits per heavy atom. The van der Waals surface area contributed by atoms with Crippen LogP contribution in [0.3, 0.4) is 0 Å². The van der Waals surface area contributed by atoms with Gasteiger partial charge in [0.15, 0.2) is 0 Å². The van der Waals surface area contributed by atoms with Crippen LogP contribution in [0.15, 0.2) is 91.4 Å². The summed E-state index contributed by atoms with van der Waals surface area (Å²) in [6.45, 7) is 0.481. The monoisotopic (exact) mass is 493 g/mol. The Hall–Kier alpha value is -5.12. The van der Waals surface area contributed by atoms with Crippen molar-refractivity contribution in [2.24, 2.45) is 0 Å². The van der Waals surface area contributed by atoms with E-state index in [4.69, 9.17) is 0 Å². The van der Waals surface area contributed by atoms with Crippen LogP contribution < -0.4 is 10.6 Å². The Kier molecular flexibility index (Phi) is 6.80. The van der Waals surface area contributed by atoms with E-state index in [1.54, 1.807) is 41.3 Å². The number of amides is 1. The number of carbonyl (C=O) groups is 2. The third-order valence-corrected chi connectivity index (χ3v) is 5.78. The van der Waals surface area contributed by atoms with Gasteiger partial charge in [-0.05, 0) is 35.7 Å². The number of carboxylic acid groups (broad SMARTS) is 1. The predicted molar refractivity (Wildman–Crippen MR) is 137 cm³/mol. The summed E-state index contributed by atoms with van der Waals surface area (Å²) in [6, 6.07) is 21.5. The number of rotatable bonds is 9. The quantitative estimate of drug-likeness (QED) is 0.285. The summed E-state index contributed by atoms with van der Waals surface area (Å²) >= 11 is 0. The molecule has 1 amide bonds. The summed E-state index contributed by atoms with van der Waals surface area (Å²) in [5.74, 6) is -1.74. The van der Waals surface area contributed by atoms with Gasteiger partial charge in [0.1, 0.15) is 17.4 Å². The standard InChI is InChI=1S/C27H23N7O3/c35-26(31-25(27(36)37)14-19-8-3-4-13-28-19)24-12-11-21(16-30-24)34-17-20(32-33-34)15-29-23-10-5-7-18-6-1-2-9-22(18)23/h1-13,16-17,25,29H,14-15H2,(H,31,35)(H,36,37). The number of benzene rings is 2. The van der Waals surface area contributed by atoms with Gasteiger partial charge in [0, 0.05) is 29.4 Å². The number of carboxylic acids is 1. The first-order valence-corrected chi connectivity index (χ1v) is 11.6. The molecule has 37 heavy (non-hydrogen) atoms. The first-order chi connectivity index (χ1) is 18.1. The van der Waals surface area contributed by atoms with Crippen LogP contribution in [-0.4, -0.2) is 48.0 Å². The zero-order chi connectivity index (χ0) is 25.6. The Morgan fingerprint density at radius 1 is 0.919 bits per heavy atom. The van der Waals surface area contributed by atoms with Crippen molar-refractivity contribution in [2.45, 2.75) is 19.0 Å². The number of hydrogen-bond acceptors (Lipinski definition) is 7. The highest BCUT2D eigenvalue weighted by atomic mass is 16.4. The van der Waals surface area contributed by atoms with Gasteiger partial charge < -0.3 is 15.7 Å². The van der Waals surface area contributed by atoms with Crippen molar-refractivity contribution >= 4 is 28.3 Å². The molecule has 0 aliphatic rings. The molecule has 1 atom stereocenters. The minimum atomic E-state index is -1.15. The fraction of sp³-hybridized carbons (Fsp3) is 0.111. The summed E-state index contributed by atoms with van der Waals surface area (Å²) in [5, 5.41) is 26.1. The molecule has 1 unspecified atom stereocenters. The van der Waals surface area contributed by atoms with Crippen molar-refractivity contribution in [2.75, 3.05) is 5.32 Å². The van der Waals surface area contributed by atoms with Crippen molar-refractivity contribution in [3.8, 4) is 5.69 Å². The molecule has 0 fully saturated rings. The fourth-order valence-electron chi connectivity index (χ4n) is 3.89. The van der Waals surface area contributed by atoms with Crippen LogP contribution in [0.25, 0.3) is 16.5 Å². The SMILES string of the molecule is O=C(NC(Cc1ccccn1)C(=O)O)c1ccc(-n2cc(CNc3cccc4ccccc34)nn2)cn1. The van der Waals surface area contributed by atoms with Crippen LogP contribution in [0, 0.1) is 0 Å². The van der Waals surface area contributed by atoms with Crippen LogP contribution in [0.4, 0.5) is 5.69 Å². The van der Waals surface area contributed by atoms with Gasteiger partial charge in [0.25, 0.3) is 5.91 Å². The minimum Gasteiger partial charge on any atom is -0.480 e. The average Bonchev–Trinajstić information content (AvgIpc) is 3.41. The lowest BCUT2D eigenvalue weighted by molar-refractivity contribution is -0.139. The lowest BCUT2D eigenvalue weighted by atomic mass is 10.1. The number of nitrogens with zero attached hydrogens (tertiary/aromatic N) is 5. The van der Waals surface area contributed by atoms with Gasteiger partial charge in [-0.3, -0.25) is 9.78 Å². The molecule has 0 saturated heterocycles. The maximum atomic E-state index is 12.6. The van der Waals surface area contributed by atoms with E-state index < -0.39 is 17.9 Å². The molecule has 3 N–H and O–H groups in total. The van der Waals surface area contributed by atoms with Crippen LogP contribution in [0.5, 0.6) is 0 Å². The molecule has 3 heterocycles. The third kappa shape index (κ3) is 5.59. The first kappa shape index (κ1) is 23.6. The molecule has 10 heteroatoms. The highest BCUT2D eigenvalue weighted by Gasteiger charge is 2.22. The number of nitrogens with one attached hydrogen (secondary N) is 2. The van der Waals surface area contributed by atoms with E-state index in [0.717, 1.165) is 22.2 Å². The van der Waals surface area contributed by atoms with Gasteiger partial charge in [-0.15, -0.1) is 5.10 Å². The molecule has 0 aliphatic carbocycles. The Morgan fingerprint density at radius 3 is 2.54 bits per heavy atom. The number of fused-ring (bicyclic) bond motifs is 1. The second-order valence-corrected chi connectivity index (χ2v) is 8.33. The number of anilines is 1. The molecule has 5 rings (SSSR count). The Labute approximate surface area is 212 Å². The zero-order valence-corrected chi connectivity index (χ0v) is 19.7. The molecule has 0 saturated carbocycles. The van der Waals surface area contributed by atoms with Crippen LogP contribution in [-0.2, 0) is 17.8 Å². The highest BCUT2D eigenvalue weighted by molar-refractivity contribution is 5.95. The third-order valence-electron chi connectivity index (χ3n) is 5.78. The maximum absolute atomic E-state index is 12.6. The van der Waals surface area contributed by atoms with Crippen LogP contribution in [0.2, 0.25) is 0 Å². The van der Waals surface area contributed by atoms with E-state index in [2.05, 4.69) is 49.1 Å². The van der Waals surface area contributed by atoms with E-state index >= 15 is 0 Å². The molecule has 0 bridgehead atoms. The summed E-state index contributed by atoms with van der Waals surface area (Å²) in [7, 11) is 0. The number of pyridine rings is 2. The molecule has 2 aromatic carbocycles. The van der Waals surface area contributed by atoms with Gasteiger partial charge in [-0.1, -0.05) is 47.7 Å². The van der Waals surface area contributed by atoms with Crippen molar-refractivity contribution in [3.05, 3.63) is 108 Å². The highest BCUT2D eigenvalue weighted by Crippen LogP contribution is 2.23. The molecule has 0 radical (unpaired) electrons. The summed E-state index contributed by atoms with van der Waals surface area (Å²) in [4.78, 5) is 32.6. The largest absolute Gasteiger partial charge is 0.480 e. The molecule has 5 aromatic rings. The van der Waals surface area contributed by atoms with Crippen LogP contribution in [0.1, 0.15) is 21.9 Å². The molecule has 0 aliphatic heterocycles. The van der Waals surface area contributed by atoms with Crippen LogP contribution >= 0.6 is 0 Å². The lowest BCUT2D eigenvalue weighted by Gasteiger charge is -2.14. The number of aliphatic carboxylic acids is 1. The van der Waals surface area contributed by atoms with E-state index in [1.807, 2.05) is 24.3 Å². The zero-order valence-electron chi connectivity index (χ0n) is 19.7. The lowest BCUT2D eigenvalue weighted by Crippen LogP contribution is -2.42. The van der Waals surface area contributed by atoms with Crippen molar-refractivity contribution in [3.63, 3.8) is 0 Å². The predicted octanol–water partition coefficient (Wildman–Crippen LogP) is 3.25. The molecule has 3 aromatic heterocycles. The summed E-state index contributed by atoms with van der Waals surface area (Å²) in [6.07, 6.45) is 4.91. The van der Waals surface area contributed by atoms with E-state index in [0.29, 0.717) is 17.9 Å². The van der Waals surface area contributed by atoms with Gasteiger partial charge in [-0.25, -0.2) is 14.5 Å². The topological polar surface area (TPSA) is 135 Å². The van der Waals surface area contributed by atoms with Gasteiger partial charge in [0.2, 0.25) is 0 Å². The summed E-state index contributed by atoms with van der Waals surface area (Å²) < 4.78 is 1.57. The van der Waals surface area contributed by atoms with Crippen molar-refractivity contribution < 1.29 is 14.7 Å². The first-order valence-electron chi connectivity index (χ1n) is 11.6.